The van der Waals surface area contributed by atoms with Gasteiger partial charge in [-0.1, -0.05) is 32.9 Å². The lowest BCUT2D eigenvalue weighted by atomic mass is 10.0. The fraction of sp³-hybridized carbons (Fsp3) is 0.857. The van der Waals surface area contributed by atoms with E-state index in [4.69, 9.17) is 4.52 Å². The lowest BCUT2D eigenvalue weighted by Gasteiger charge is -2.18. The van der Waals surface area contributed by atoms with Gasteiger partial charge in [-0.25, -0.2) is 0 Å². The monoisotopic (exact) mass is 285 g/mol. The molecule has 1 aromatic rings. The average Bonchev–Trinajstić information content (AvgIpc) is 2.80. The molecule has 110 valence electrons. The van der Waals surface area contributed by atoms with Gasteiger partial charge in [0.1, 0.15) is 0 Å². The van der Waals surface area contributed by atoms with Gasteiger partial charge in [-0.15, -0.1) is 0 Å². The van der Waals surface area contributed by atoms with Gasteiger partial charge >= 0.3 is 0 Å². The minimum Gasteiger partial charge on any atom is -0.339 e. The SMILES string of the molecule is CCCNC(Cc1nc(CSCC)no1)CC(C)C. The Morgan fingerprint density at radius 2 is 2.11 bits per heavy atom. The van der Waals surface area contributed by atoms with Gasteiger partial charge in [-0.05, 0) is 31.1 Å². The van der Waals surface area contributed by atoms with Crippen molar-refractivity contribution in [1.82, 2.24) is 15.5 Å². The van der Waals surface area contributed by atoms with E-state index in [1.54, 1.807) is 0 Å². The number of nitrogens with one attached hydrogen (secondary N) is 1. The number of nitrogens with zero attached hydrogens (tertiary/aromatic N) is 2. The normalized spacial score (nSPS) is 13.1. The Kier molecular flexibility index (Phi) is 8.14. The summed E-state index contributed by atoms with van der Waals surface area (Å²) in [5.74, 6) is 4.18. The van der Waals surface area contributed by atoms with Crippen LogP contribution in [0.15, 0.2) is 4.52 Å². The molecule has 0 radical (unpaired) electrons. The molecule has 4 nitrogen and oxygen atoms in total. The van der Waals surface area contributed by atoms with Crippen molar-refractivity contribution < 1.29 is 4.52 Å². The van der Waals surface area contributed by atoms with E-state index in [1.807, 2.05) is 11.8 Å². The molecule has 0 saturated carbocycles. The molecule has 5 heteroatoms. The summed E-state index contributed by atoms with van der Waals surface area (Å²) in [4.78, 5) is 4.46. The molecule has 19 heavy (non-hydrogen) atoms. The first-order chi connectivity index (χ1) is 9.15. The number of aromatic nitrogens is 2. The largest absolute Gasteiger partial charge is 0.339 e. The molecule has 0 saturated heterocycles. The number of hydrogen-bond donors (Lipinski definition) is 1. The molecule has 0 spiro atoms. The molecule has 1 unspecified atom stereocenters. The Morgan fingerprint density at radius 1 is 1.32 bits per heavy atom. The average molecular weight is 285 g/mol. The second-order valence-electron chi connectivity index (χ2n) is 5.23. The Labute approximate surface area is 121 Å². The number of thioether (sulfide) groups is 1. The minimum absolute atomic E-state index is 0.437. The summed E-state index contributed by atoms with van der Waals surface area (Å²) in [6.07, 6.45) is 3.13. The van der Waals surface area contributed by atoms with E-state index in [1.165, 1.54) is 0 Å². The molecule has 1 atom stereocenters. The Balaban J connectivity index is 2.49. The fourth-order valence-electron chi connectivity index (χ4n) is 1.99. The molecule has 1 rings (SSSR count). The van der Waals surface area contributed by atoms with Gasteiger partial charge in [0.15, 0.2) is 5.82 Å². The summed E-state index contributed by atoms with van der Waals surface area (Å²) in [5, 5.41) is 7.60. The zero-order chi connectivity index (χ0) is 14.1. The van der Waals surface area contributed by atoms with E-state index >= 15 is 0 Å². The lowest BCUT2D eigenvalue weighted by molar-refractivity contribution is 0.336. The van der Waals surface area contributed by atoms with Crippen LogP contribution < -0.4 is 5.32 Å². The first-order valence-corrected chi connectivity index (χ1v) is 8.43. The van der Waals surface area contributed by atoms with Gasteiger partial charge in [-0.3, -0.25) is 0 Å². The van der Waals surface area contributed by atoms with Crippen LogP contribution in [-0.2, 0) is 12.2 Å². The minimum atomic E-state index is 0.437. The van der Waals surface area contributed by atoms with Crippen molar-refractivity contribution in [3.63, 3.8) is 0 Å². The first-order valence-electron chi connectivity index (χ1n) is 7.28. The van der Waals surface area contributed by atoms with Crippen LogP contribution in [0, 0.1) is 5.92 Å². The van der Waals surface area contributed by atoms with Gasteiger partial charge in [0.2, 0.25) is 5.89 Å². The van der Waals surface area contributed by atoms with Crippen LogP contribution in [0.5, 0.6) is 0 Å². The zero-order valence-electron chi connectivity index (χ0n) is 12.6. The van der Waals surface area contributed by atoms with Crippen LogP contribution in [0.25, 0.3) is 0 Å². The van der Waals surface area contributed by atoms with Gasteiger partial charge < -0.3 is 9.84 Å². The third kappa shape index (κ3) is 6.97. The van der Waals surface area contributed by atoms with Crippen LogP contribution in [0.1, 0.15) is 52.3 Å². The van der Waals surface area contributed by atoms with Gasteiger partial charge in [0, 0.05) is 12.5 Å². The maximum atomic E-state index is 5.34. The molecular formula is C14H27N3OS. The van der Waals surface area contributed by atoms with Crippen LogP contribution in [0.2, 0.25) is 0 Å². The summed E-state index contributed by atoms with van der Waals surface area (Å²) < 4.78 is 5.34. The lowest BCUT2D eigenvalue weighted by Crippen LogP contribution is -2.33. The highest BCUT2D eigenvalue weighted by atomic mass is 32.2. The highest BCUT2D eigenvalue weighted by molar-refractivity contribution is 7.98. The molecule has 0 aliphatic rings. The fourth-order valence-corrected chi connectivity index (χ4v) is 2.50. The molecule has 0 aliphatic carbocycles. The van der Waals surface area contributed by atoms with E-state index < -0.39 is 0 Å². The quantitative estimate of drug-likeness (QED) is 0.715. The van der Waals surface area contributed by atoms with Crippen LogP contribution in [0.4, 0.5) is 0 Å². The van der Waals surface area contributed by atoms with Crippen molar-refractivity contribution in [1.29, 1.82) is 0 Å². The maximum absolute atomic E-state index is 5.34. The van der Waals surface area contributed by atoms with Crippen molar-refractivity contribution in [2.24, 2.45) is 5.92 Å². The highest BCUT2D eigenvalue weighted by Crippen LogP contribution is 2.12. The maximum Gasteiger partial charge on any atom is 0.228 e. The van der Waals surface area contributed by atoms with E-state index in [0.29, 0.717) is 12.0 Å². The van der Waals surface area contributed by atoms with Crippen molar-refractivity contribution in [2.45, 2.75) is 58.8 Å². The predicted molar refractivity (Wildman–Crippen MR) is 81.4 cm³/mol. The van der Waals surface area contributed by atoms with Gasteiger partial charge in [0.05, 0.1) is 5.75 Å². The number of rotatable bonds is 10. The van der Waals surface area contributed by atoms with E-state index in [9.17, 15) is 0 Å². The summed E-state index contributed by atoms with van der Waals surface area (Å²) >= 11 is 1.82. The smallest absolute Gasteiger partial charge is 0.228 e. The van der Waals surface area contributed by atoms with Crippen LogP contribution >= 0.6 is 11.8 Å². The standard InChI is InChI=1S/C14H27N3OS/c1-5-7-15-12(8-11(3)4)9-14-16-13(17-18-14)10-19-6-2/h11-12,15H,5-10H2,1-4H3. The second kappa shape index (κ2) is 9.37. The second-order valence-corrected chi connectivity index (χ2v) is 6.50. The third-order valence-electron chi connectivity index (χ3n) is 2.81. The topological polar surface area (TPSA) is 51.0 Å². The third-order valence-corrected chi connectivity index (χ3v) is 3.68. The molecule has 0 fully saturated rings. The molecule has 0 aliphatic heterocycles. The molecule has 0 amide bonds. The molecule has 0 bridgehead atoms. The highest BCUT2D eigenvalue weighted by Gasteiger charge is 2.15. The van der Waals surface area contributed by atoms with Gasteiger partial charge in [-0.2, -0.15) is 16.7 Å². The molecule has 0 aromatic carbocycles. The summed E-state index contributed by atoms with van der Waals surface area (Å²) in [5.41, 5.74) is 0. The summed E-state index contributed by atoms with van der Waals surface area (Å²) in [6, 6.07) is 0.437. The Hall–Kier alpha value is -0.550. The predicted octanol–water partition coefficient (Wildman–Crippen LogP) is 3.28. The van der Waals surface area contributed by atoms with Crippen molar-refractivity contribution in [3.8, 4) is 0 Å². The van der Waals surface area contributed by atoms with Crippen molar-refractivity contribution >= 4 is 11.8 Å². The van der Waals surface area contributed by atoms with Crippen molar-refractivity contribution in [2.75, 3.05) is 12.3 Å². The van der Waals surface area contributed by atoms with E-state index in [0.717, 1.165) is 49.0 Å². The Bertz CT molecular complexity index is 341. The van der Waals surface area contributed by atoms with Crippen LogP contribution in [0.3, 0.4) is 0 Å². The summed E-state index contributed by atoms with van der Waals surface area (Å²) in [6.45, 7) is 9.87. The Morgan fingerprint density at radius 3 is 2.74 bits per heavy atom. The molecule has 1 aromatic heterocycles. The number of hydrogen-bond acceptors (Lipinski definition) is 5. The van der Waals surface area contributed by atoms with Gasteiger partial charge in [0.25, 0.3) is 0 Å². The zero-order valence-corrected chi connectivity index (χ0v) is 13.4. The van der Waals surface area contributed by atoms with Crippen molar-refractivity contribution in [3.05, 3.63) is 11.7 Å². The molecule has 1 heterocycles. The van der Waals surface area contributed by atoms with E-state index in [2.05, 4.69) is 43.2 Å². The van der Waals surface area contributed by atoms with Crippen LogP contribution in [-0.4, -0.2) is 28.5 Å². The first kappa shape index (κ1) is 16.5. The molecular weight excluding hydrogens is 258 g/mol. The summed E-state index contributed by atoms with van der Waals surface area (Å²) in [7, 11) is 0. The molecule has 1 N–H and O–H groups in total. The van der Waals surface area contributed by atoms with E-state index in [-0.39, 0.29) is 0 Å².